The Labute approximate surface area is 142 Å². The second kappa shape index (κ2) is 7.88. The molecule has 0 N–H and O–H groups in total. The Bertz CT molecular complexity index is 754. The third-order valence-electron chi connectivity index (χ3n) is 3.41. The SMILES string of the molecule is CCOP(=O)(OCC)c1ccc(-c2nc(C)cc(OC)n2)c(C)c1. The molecule has 0 atom stereocenters. The number of ether oxygens (including phenoxy) is 1. The third-order valence-corrected chi connectivity index (χ3v) is 5.51. The molecule has 2 aromatic rings. The molecule has 130 valence electrons. The van der Waals surface area contributed by atoms with Crippen LogP contribution >= 0.6 is 7.60 Å². The van der Waals surface area contributed by atoms with Gasteiger partial charge in [0.1, 0.15) is 0 Å². The summed E-state index contributed by atoms with van der Waals surface area (Å²) in [7, 11) is -1.73. The second-order valence-corrected chi connectivity index (χ2v) is 7.24. The monoisotopic (exact) mass is 350 g/mol. The van der Waals surface area contributed by atoms with Crippen molar-refractivity contribution in [3.8, 4) is 17.3 Å². The quantitative estimate of drug-likeness (QED) is 0.710. The van der Waals surface area contributed by atoms with Crippen LogP contribution < -0.4 is 10.0 Å². The van der Waals surface area contributed by atoms with Crippen molar-refractivity contribution < 1.29 is 18.3 Å². The van der Waals surface area contributed by atoms with Gasteiger partial charge in [-0.05, 0) is 45.4 Å². The first-order valence-electron chi connectivity index (χ1n) is 7.84. The van der Waals surface area contributed by atoms with Crippen LogP contribution in [-0.2, 0) is 13.6 Å². The van der Waals surface area contributed by atoms with Crippen LogP contribution in [0.5, 0.6) is 5.88 Å². The fraction of sp³-hybridized carbons (Fsp3) is 0.412. The van der Waals surface area contributed by atoms with Gasteiger partial charge >= 0.3 is 7.60 Å². The summed E-state index contributed by atoms with van der Waals surface area (Å²) in [4.78, 5) is 8.84. The van der Waals surface area contributed by atoms with Crippen molar-refractivity contribution in [2.24, 2.45) is 0 Å². The maximum atomic E-state index is 12.9. The average Bonchev–Trinajstić information content (AvgIpc) is 2.54. The highest BCUT2D eigenvalue weighted by Crippen LogP contribution is 2.47. The summed E-state index contributed by atoms with van der Waals surface area (Å²) in [5, 5.41) is 0.534. The lowest BCUT2D eigenvalue weighted by molar-refractivity contribution is 0.230. The van der Waals surface area contributed by atoms with Crippen LogP contribution in [0.15, 0.2) is 24.3 Å². The Kier molecular flexibility index (Phi) is 6.10. The largest absolute Gasteiger partial charge is 0.481 e. The van der Waals surface area contributed by atoms with E-state index >= 15 is 0 Å². The first-order chi connectivity index (χ1) is 11.4. The average molecular weight is 350 g/mol. The molecule has 1 aromatic carbocycles. The lowest BCUT2D eigenvalue weighted by Gasteiger charge is -2.18. The van der Waals surface area contributed by atoms with Gasteiger partial charge in [0.2, 0.25) is 5.88 Å². The Hall–Kier alpha value is -1.75. The molecule has 24 heavy (non-hydrogen) atoms. The van der Waals surface area contributed by atoms with E-state index in [9.17, 15) is 4.57 Å². The van der Waals surface area contributed by atoms with Gasteiger partial charge in [-0.25, -0.2) is 4.98 Å². The summed E-state index contributed by atoms with van der Waals surface area (Å²) in [6, 6.07) is 7.15. The van der Waals surface area contributed by atoms with E-state index in [1.54, 1.807) is 39.2 Å². The van der Waals surface area contributed by atoms with Gasteiger partial charge in [-0.2, -0.15) is 4.98 Å². The number of hydrogen-bond donors (Lipinski definition) is 0. The minimum atomic E-state index is -3.30. The molecule has 0 radical (unpaired) electrons. The lowest BCUT2D eigenvalue weighted by Crippen LogP contribution is -2.11. The number of benzene rings is 1. The van der Waals surface area contributed by atoms with Crippen LogP contribution in [0.25, 0.3) is 11.4 Å². The Morgan fingerprint density at radius 1 is 1.04 bits per heavy atom. The number of methoxy groups -OCH3 is 1. The molecule has 6 nitrogen and oxygen atoms in total. The normalized spacial score (nSPS) is 11.5. The van der Waals surface area contributed by atoms with Gasteiger partial charge in [0.15, 0.2) is 5.82 Å². The molecule has 0 unspecified atom stereocenters. The molecule has 0 saturated heterocycles. The molecular formula is C17H23N2O4P. The predicted octanol–water partition coefficient (Wildman–Crippen LogP) is 3.66. The first kappa shape index (κ1) is 18.6. The molecule has 0 aliphatic heterocycles. The van der Waals surface area contributed by atoms with Crippen molar-refractivity contribution in [3.05, 3.63) is 35.5 Å². The molecule has 7 heteroatoms. The Morgan fingerprint density at radius 3 is 2.25 bits per heavy atom. The summed E-state index contributed by atoms with van der Waals surface area (Å²) in [5.41, 5.74) is 2.55. The van der Waals surface area contributed by atoms with E-state index in [0.717, 1.165) is 16.8 Å². The van der Waals surface area contributed by atoms with E-state index in [0.29, 0.717) is 30.2 Å². The summed E-state index contributed by atoms with van der Waals surface area (Å²) in [6.07, 6.45) is 0. The van der Waals surface area contributed by atoms with E-state index in [1.165, 1.54) is 0 Å². The van der Waals surface area contributed by atoms with E-state index in [2.05, 4.69) is 9.97 Å². The molecule has 1 aromatic heterocycles. The molecule has 0 spiro atoms. The van der Waals surface area contributed by atoms with Gasteiger partial charge in [-0.15, -0.1) is 0 Å². The van der Waals surface area contributed by atoms with E-state index < -0.39 is 7.60 Å². The fourth-order valence-corrected chi connectivity index (χ4v) is 4.02. The van der Waals surface area contributed by atoms with Crippen LogP contribution in [0.3, 0.4) is 0 Å². The smallest absolute Gasteiger partial charge is 0.361 e. The zero-order valence-electron chi connectivity index (χ0n) is 14.7. The van der Waals surface area contributed by atoms with Crippen molar-refractivity contribution in [2.75, 3.05) is 20.3 Å². The van der Waals surface area contributed by atoms with Crippen molar-refractivity contribution in [1.82, 2.24) is 9.97 Å². The van der Waals surface area contributed by atoms with Gasteiger partial charge in [-0.1, -0.05) is 6.07 Å². The number of aromatic nitrogens is 2. The fourth-order valence-electron chi connectivity index (χ4n) is 2.36. The van der Waals surface area contributed by atoms with Gasteiger partial charge < -0.3 is 13.8 Å². The van der Waals surface area contributed by atoms with E-state index in [-0.39, 0.29) is 0 Å². The highest BCUT2D eigenvalue weighted by atomic mass is 31.2. The molecule has 0 aliphatic carbocycles. The Morgan fingerprint density at radius 2 is 1.71 bits per heavy atom. The molecule has 0 saturated carbocycles. The van der Waals surface area contributed by atoms with Crippen LogP contribution in [0, 0.1) is 13.8 Å². The van der Waals surface area contributed by atoms with Crippen LogP contribution in [0.2, 0.25) is 0 Å². The highest BCUT2D eigenvalue weighted by molar-refractivity contribution is 7.62. The molecular weight excluding hydrogens is 327 g/mol. The van der Waals surface area contributed by atoms with E-state index in [1.807, 2.05) is 19.9 Å². The molecule has 0 amide bonds. The molecule has 1 heterocycles. The van der Waals surface area contributed by atoms with Gasteiger partial charge in [0, 0.05) is 17.3 Å². The number of aryl methyl sites for hydroxylation is 2. The summed E-state index contributed by atoms with van der Waals surface area (Å²) in [5.74, 6) is 1.08. The van der Waals surface area contributed by atoms with Gasteiger partial charge in [0.25, 0.3) is 0 Å². The molecule has 0 bridgehead atoms. The van der Waals surface area contributed by atoms with Crippen LogP contribution in [0.4, 0.5) is 0 Å². The maximum Gasteiger partial charge on any atom is 0.361 e. The summed E-state index contributed by atoms with van der Waals surface area (Å²) in [6.45, 7) is 8.01. The number of rotatable bonds is 7. The molecule has 0 fully saturated rings. The lowest BCUT2D eigenvalue weighted by atomic mass is 10.1. The van der Waals surface area contributed by atoms with Crippen molar-refractivity contribution in [2.45, 2.75) is 27.7 Å². The number of nitrogens with zero attached hydrogens (tertiary/aromatic N) is 2. The molecule has 2 rings (SSSR count). The minimum Gasteiger partial charge on any atom is -0.481 e. The standard InChI is InChI=1S/C17H23N2O4P/c1-6-22-24(20,23-7-2)14-8-9-15(12(3)10-14)17-18-13(4)11-16(19-17)21-5/h8-11H,6-7H2,1-5H3. The van der Waals surface area contributed by atoms with Crippen LogP contribution in [0.1, 0.15) is 25.1 Å². The van der Waals surface area contributed by atoms with Gasteiger partial charge in [0.05, 0.1) is 25.6 Å². The maximum absolute atomic E-state index is 12.9. The van der Waals surface area contributed by atoms with Crippen molar-refractivity contribution in [1.29, 1.82) is 0 Å². The zero-order chi connectivity index (χ0) is 17.7. The topological polar surface area (TPSA) is 70.5 Å². The first-order valence-corrected chi connectivity index (χ1v) is 9.38. The second-order valence-electron chi connectivity index (χ2n) is 5.21. The Balaban J connectivity index is 2.47. The highest BCUT2D eigenvalue weighted by Gasteiger charge is 2.27. The van der Waals surface area contributed by atoms with E-state index in [4.69, 9.17) is 13.8 Å². The van der Waals surface area contributed by atoms with Gasteiger partial charge in [-0.3, -0.25) is 4.57 Å². The summed E-state index contributed by atoms with van der Waals surface area (Å²) >= 11 is 0. The molecule has 0 aliphatic rings. The van der Waals surface area contributed by atoms with Crippen molar-refractivity contribution >= 4 is 12.9 Å². The van der Waals surface area contributed by atoms with Crippen molar-refractivity contribution in [3.63, 3.8) is 0 Å². The zero-order valence-corrected chi connectivity index (χ0v) is 15.6. The number of hydrogen-bond acceptors (Lipinski definition) is 6. The minimum absolute atomic E-state index is 0.316. The third kappa shape index (κ3) is 4.01. The predicted molar refractivity (Wildman–Crippen MR) is 94.0 cm³/mol. The van der Waals surface area contributed by atoms with Crippen LogP contribution in [-0.4, -0.2) is 30.3 Å². The summed E-state index contributed by atoms with van der Waals surface area (Å²) < 4.78 is 28.9.